The maximum Gasteiger partial charge on any atom is 0.271 e. The first-order valence-electron chi connectivity index (χ1n) is 6.96. The Hall–Kier alpha value is -1.74. The summed E-state index contributed by atoms with van der Waals surface area (Å²) >= 11 is 3.99. The molecule has 1 N–H and O–H groups in total. The number of nitrogens with zero attached hydrogens (tertiary/aromatic N) is 2. The molecule has 0 spiro atoms. The van der Waals surface area contributed by atoms with Gasteiger partial charge in [-0.15, -0.1) is 11.3 Å². The Balaban J connectivity index is 1.61. The van der Waals surface area contributed by atoms with Crippen molar-refractivity contribution in [1.82, 2.24) is 15.1 Å². The maximum absolute atomic E-state index is 13.7. The number of amides is 1. The van der Waals surface area contributed by atoms with Crippen LogP contribution in [0.5, 0.6) is 0 Å². The Morgan fingerprint density at radius 2 is 2.09 bits per heavy atom. The van der Waals surface area contributed by atoms with Gasteiger partial charge in [-0.2, -0.15) is 5.10 Å². The highest BCUT2D eigenvalue weighted by molar-refractivity contribution is 14.1. The lowest BCUT2D eigenvalue weighted by Gasteiger charge is -2.03. The molecule has 0 atom stereocenters. The average molecular weight is 441 g/mol. The molecule has 2 heterocycles. The lowest BCUT2D eigenvalue weighted by molar-refractivity contribution is 0.0949. The second kappa shape index (κ2) is 7.22. The molecular weight excluding hydrogens is 428 g/mol. The molecule has 0 unspecified atom stereocenters. The van der Waals surface area contributed by atoms with Gasteiger partial charge in [-0.05, 0) is 59.3 Å². The Bertz CT molecular complexity index is 830. The van der Waals surface area contributed by atoms with Gasteiger partial charge >= 0.3 is 0 Å². The number of aromatic nitrogens is 2. The summed E-state index contributed by atoms with van der Waals surface area (Å²) in [7, 11) is 0. The van der Waals surface area contributed by atoms with E-state index < -0.39 is 0 Å². The summed E-state index contributed by atoms with van der Waals surface area (Å²) in [4.78, 5) is 13.3. The van der Waals surface area contributed by atoms with Crippen LogP contribution in [0.15, 0.2) is 48.7 Å². The van der Waals surface area contributed by atoms with E-state index in [2.05, 4.69) is 45.1 Å². The minimum atomic E-state index is -0.380. The fraction of sp³-hybridized carbons (Fsp3) is 0.125. The van der Waals surface area contributed by atoms with E-state index in [1.54, 1.807) is 41.8 Å². The predicted octanol–water partition coefficient (Wildman–Crippen LogP) is 3.65. The highest BCUT2D eigenvalue weighted by atomic mass is 127. The molecule has 7 heteroatoms. The summed E-state index contributed by atoms with van der Waals surface area (Å²) < 4.78 is 16.3. The number of hydrogen-bond acceptors (Lipinski definition) is 3. The van der Waals surface area contributed by atoms with Crippen molar-refractivity contribution in [3.63, 3.8) is 0 Å². The highest BCUT2D eigenvalue weighted by Crippen LogP contribution is 2.18. The molecular formula is C16H13FIN3OS. The Labute approximate surface area is 150 Å². The van der Waals surface area contributed by atoms with Gasteiger partial charge in [-0.25, -0.2) is 9.07 Å². The fourth-order valence-corrected chi connectivity index (χ4v) is 3.85. The molecule has 0 fully saturated rings. The number of para-hydroxylation sites is 1. The molecule has 0 aliphatic heterocycles. The van der Waals surface area contributed by atoms with E-state index in [9.17, 15) is 9.18 Å². The van der Waals surface area contributed by atoms with Crippen LogP contribution in [0.1, 0.15) is 15.4 Å². The lowest BCUT2D eigenvalue weighted by Crippen LogP contribution is -2.26. The van der Waals surface area contributed by atoms with Crippen LogP contribution in [0, 0.1) is 8.70 Å². The summed E-state index contributed by atoms with van der Waals surface area (Å²) in [5.74, 6) is -0.638. The first-order valence-corrected chi connectivity index (χ1v) is 8.86. The van der Waals surface area contributed by atoms with Crippen molar-refractivity contribution < 1.29 is 9.18 Å². The zero-order valence-electron chi connectivity index (χ0n) is 12.0. The molecule has 3 rings (SSSR count). The van der Waals surface area contributed by atoms with Gasteiger partial charge in [0.1, 0.15) is 11.5 Å². The third-order valence-electron chi connectivity index (χ3n) is 3.21. The van der Waals surface area contributed by atoms with Crippen molar-refractivity contribution in [1.29, 1.82) is 0 Å². The van der Waals surface area contributed by atoms with Crippen LogP contribution >= 0.6 is 33.9 Å². The van der Waals surface area contributed by atoms with Gasteiger partial charge in [0, 0.05) is 17.6 Å². The van der Waals surface area contributed by atoms with E-state index in [0.717, 1.165) is 6.42 Å². The average Bonchev–Trinajstić information content (AvgIpc) is 3.17. The van der Waals surface area contributed by atoms with Gasteiger partial charge < -0.3 is 5.32 Å². The molecule has 3 aromatic rings. The van der Waals surface area contributed by atoms with Crippen LogP contribution < -0.4 is 5.32 Å². The topological polar surface area (TPSA) is 46.9 Å². The molecule has 0 saturated heterocycles. The molecule has 4 nitrogen and oxygen atoms in total. The van der Waals surface area contributed by atoms with E-state index in [0.29, 0.717) is 12.2 Å². The quantitative estimate of drug-likeness (QED) is 0.615. The van der Waals surface area contributed by atoms with E-state index in [1.807, 2.05) is 0 Å². The molecule has 0 aliphatic rings. The zero-order chi connectivity index (χ0) is 16.2. The molecule has 1 amide bonds. The van der Waals surface area contributed by atoms with Crippen LogP contribution in [-0.4, -0.2) is 22.2 Å². The maximum atomic E-state index is 13.7. The largest absolute Gasteiger partial charge is 0.350 e. The molecule has 0 saturated carbocycles. The molecule has 0 radical (unpaired) electrons. The summed E-state index contributed by atoms with van der Waals surface area (Å²) in [6.07, 6.45) is 2.36. The molecule has 2 aromatic heterocycles. The van der Waals surface area contributed by atoms with Crippen LogP contribution in [0.3, 0.4) is 0 Å². The summed E-state index contributed by atoms with van der Waals surface area (Å²) in [6.45, 7) is 0.544. The van der Waals surface area contributed by atoms with E-state index in [-0.39, 0.29) is 17.4 Å². The fourth-order valence-electron chi connectivity index (χ4n) is 2.09. The third-order valence-corrected chi connectivity index (χ3v) is 5.16. The van der Waals surface area contributed by atoms with Crippen molar-refractivity contribution in [3.8, 4) is 5.69 Å². The molecule has 0 bridgehead atoms. The van der Waals surface area contributed by atoms with Crippen LogP contribution in [0.2, 0.25) is 0 Å². The van der Waals surface area contributed by atoms with E-state index in [1.165, 1.54) is 18.5 Å². The number of halogens is 2. The van der Waals surface area contributed by atoms with Gasteiger partial charge in [0.05, 0.1) is 2.88 Å². The van der Waals surface area contributed by atoms with Crippen molar-refractivity contribution in [3.05, 3.63) is 67.9 Å². The zero-order valence-corrected chi connectivity index (χ0v) is 15.0. The minimum absolute atomic E-state index is 0.258. The van der Waals surface area contributed by atoms with Crippen LogP contribution in [0.4, 0.5) is 4.39 Å². The van der Waals surface area contributed by atoms with Gasteiger partial charge in [-0.3, -0.25) is 4.79 Å². The molecule has 118 valence electrons. The molecule has 0 aliphatic carbocycles. The monoisotopic (exact) mass is 441 g/mol. The summed E-state index contributed by atoms with van der Waals surface area (Å²) in [5.41, 5.74) is 0.591. The van der Waals surface area contributed by atoms with Crippen molar-refractivity contribution in [2.75, 3.05) is 6.54 Å². The Morgan fingerprint density at radius 3 is 2.83 bits per heavy atom. The van der Waals surface area contributed by atoms with Gasteiger partial charge in [-0.1, -0.05) is 12.1 Å². The SMILES string of the molecule is O=C(NCCc1ccc(I)s1)c1ccn(-c2ccccc2F)n1. The summed E-state index contributed by atoms with van der Waals surface area (Å²) in [5, 5.41) is 6.97. The van der Waals surface area contributed by atoms with Gasteiger partial charge in [0.15, 0.2) is 5.69 Å². The van der Waals surface area contributed by atoms with E-state index in [4.69, 9.17) is 0 Å². The number of carbonyl (C=O) groups is 1. The highest BCUT2D eigenvalue weighted by Gasteiger charge is 2.11. The lowest BCUT2D eigenvalue weighted by atomic mass is 10.3. The standard InChI is InChI=1S/C16H13FIN3OS/c17-12-3-1-2-4-14(12)21-10-8-13(20-21)16(22)19-9-7-11-5-6-15(18)23-11/h1-6,8,10H,7,9H2,(H,19,22). The molecule has 1 aromatic carbocycles. The number of carbonyl (C=O) groups excluding carboxylic acids is 1. The number of thiophene rings is 1. The Kier molecular flexibility index (Phi) is 5.06. The van der Waals surface area contributed by atoms with Crippen molar-refractivity contribution in [2.45, 2.75) is 6.42 Å². The normalized spacial score (nSPS) is 10.7. The van der Waals surface area contributed by atoms with Crippen molar-refractivity contribution >= 4 is 39.8 Å². The summed E-state index contributed by atoms with van der Waals surface area (Å²) in [6, 6.07) is 12.0. The van der Waals surface area contributed by atoms with Crippen LogP contribution in [-0.2, 0) is 6.42 Å². The number of benzene rings is 1. The smallest absolute Gasteiger partial charge is 0.271 e. The third kappa shape index (κ3) is 3.97. The first kappa shape index (κ1) is 16.1. The second-order valence-electron chi connectivity index (χ2n) is 4.81. The molecule has 23 heavy (non-hydrogen) atoms. The first-order chi connectivity index (χ1) is 11.1. The predicted molar refractivity (Wildman–Crippen MR) is 96.6 cm³/mol. The van der Waals surface area contributed by atoms with Crippen molar-refractivity contribution in [2.24, 2.45) is 0 Å². The number of rotatable bonds is 5. The number of hydrogen-bond donors (Lipinski definition) is 1. The minimum Gasteiger partial charge on any atom is -0.350 e. The van der Waals surface area contributed by atoms with Crippen LogP contribution in [0.25, 0.3) is 5.69 Å². The van der Waals surface area contributed by atoms with Gasteiger partial charge in [0.25, 0.3) is 5.91 Å². The van der Waals surface area contributed by atoms with E-state index >= 15 is 0 Å². The Morgan fingerprint density at radius 1 is 1.26 bits per heavy atom. The second-order valence-corrected chi connectivity index (χ2v) is 7.87. The van der Waals surface area contributed by atoms with Gasteiger partial charge in [0.2, 0.25) is 0 Å². The number of nitrogens with one attached hydrogen (secondary N) is 1.